The van der Waals surface area contributed by atoms with Gasteiger partial charge in [0.1, 0.15) is 6.16 Å². The molecule has 1 heterocycles. The van der Waals surface area contributed by atoms with Crippen molar-refractivity contribution in [3.63, 3.8) is 0 Å². The van der Waals surface area contributed by atoms with Gasteiger partial charge in [-0.05, 0) is 6.54 Å². The Bertz CT molecular complexity index is 336. The summed E-state index contributed by atoms with van der Waals surface area (Å²) < 4.78 is 10.6. The second-order valence-electron chi connectivity index (χ2n) is 2.59. The molecule has 0 saturated heterocycles. The zero-order valence-electron chi connectivity index (χ0n) is 7.24. The average Bonchev–Trinajstić information content (AvgIpc) is 2.06. The Hall–Kier alpha value is -0.950. The van der Waals surface area contributed by atoms with Crippen LogP contribution in [-0.2, 0) is 17.1 Å². The molecule has 0 spiro atoms. The average molecular weight is 219 g/mol. The van der Waals surface area contributed by atoms with Gasteiger partial charge >= 0.3 is 7.60 Å². The molecule has 1 rings (SSSR count). The summed E-state index contributed by atoms with van der Waals surface area (Å²) in [7, 11) is -4.15. The van der Waals surface area contributed by atoms with Crippen LogP contribution in [0.5, 0.6) is 0 Å². The van der Waals surface area contributed by atoms with Gasteiger partial charge in [0.2, 0.25) is 0 Å². The maximum atomic E-state index is 10.6. The first-order valence-corrected chi connectivity index (χ1v) is 5.61. The molecule has 0 unspecified atom stereocenters. The molecule has 0 bridgehead atoms. The predicted octanol–water partition coefficient (Wildman–Crippen LogP) is -1.55. The van der Waals surface area contributed by atoms with Crippen LogP contribution in [0, 0.1) is 0 Å². The van der Waals surface area contributed by atoms with E-state index in [1.807, 2.05) is 0 Å². The van der Waals surface area contributed by atoms with Crippen molar-refractivity contribution in [3.05, 3.63) is 11.6 Å². The van der Waals surface area contributed by atoms with Crippen LogP contribution in [0.1, 0.15) is 11.6 Å². The van der Waals surface area contributed by atoms with Gasteiger partial charge < -0.3 is 15.5 Å². The monoisotopic (exact) mass is 219 g/mol. The van der Waals surface area contributed by atoms with Gasteiger partial charge in [-0.3, -0.25) is 4.57 Å². The highest BCUT2D eigenvalue weighted by Gasteiger charge is 2.16. The lowest BCUT2D eigenvalue weighted by atomic mass is 10.4. The molecule has 1 aromatic heterocycles. The predicted molar refractivity (Wildman–Crippen MR) is 46.1 cm³/mol. The Morgan fingerprint density at radius 2 is 1.64 bits per heavy atom. The van der Waals surface area contributed by atoms with Gasteiger partial charge in [-0.1, -0.05) is 0 Å². The molecule has 8 nitrogen and oxygen atoms in total. The van der Waals surface area contributed by atoms with Gasteiger partial charge in [0.05, 0.1) is 0 Å². The molecule has 78 valence electrons. The zero-order valence-corrected chi connectivity index (χ0v) is 8.13. The number of aromatic nitrogens is 4. The van der Waals surface area contributed by atoms with Crippen LogP contribution < -0.4 is 5.73 Å². The Kier molecular flexibility index (Phi) is 3.59. The normalized spacial score (nSPS) is 11.6. The SMILES string of the molecule is NCCc1nnc(CP(=O)(O)O)nn1. The highest BCUT2D eigenvalue weighted by molar-refractivity contribution is 7.50. The molecule has 0 radical (unpaired) electrons. The lowest BCUT2D eigenvalue weighted by Crippen LogP contribution is -2.10. The highest BCUT2D eigenvalue weighted by Crippen LogP contribution is 2.37. The maximum Gasteiger partial charge on any atom is 0.333 e. The van der Waals surface area contributed by atoms with Crippen LogP contribution in [0.2, 0.25) is 0 Å². The Morgan fingerprint density at radius 3 is 2.07 bits per heavy atom. The molecule has 0 aromatic carbocycles. The van der Waals surface area contributed by atoms with E-state index in [1.165, 1.54) is 0 Å². The van der Waals surface area contributed by atoms with Crippen molar-refractivity contribution in [2.45, 2.75) is 12.6 Å². The van der Waals surface area contributed by atoms with E-state index in [0.29, 0.717) is 18.8 Å². The summed E-state index contributed by atoms with van der Waals surface area (Å²) in [6, 6.07) is 0. The summed E-state index contributed by atoms with van der Waals surface area (Å²) >= 11 is 0. The van der Waals surface area contributed by atoms with Crippen molar-refractivity contribution in [1.82, 2.24) is 20.4 Å². The number of hydrogen-bond acceptors (Lipinski definition) is 6. The fourth-order valence-corrected chi connectivity index (χ4v) is 1.24. The smallest absolute Gasteiger partial charge is 0.330 e. The van der Waals surface area contributed by atoms with E-state index < -0.39 is 13.8 Å². The second-order valence-corrected chi connectivity index (χ2v) is 4.24. The van der Waals surface area contributed by atoms with E-state index in [2.05, 4.69) is 20.4 Å². The van der Waals surface area contributed by atoms with Crippen molar-refractivity contribution < 1.29 is 14.4 Å². The largest absolute Gasteiger partial charge is 0.333 e. The molecule has 1 aromatic rings. The Morgan fingerprint density at radius 1 is 1.14 bits per heavy atom. The fraction of sp³-hybridized carbons (Fsp3) is 0.600. The van der Waals surface area contributed by atoms with Crippen molar-refractivity contribution in [1.29, 1.82) is 0 Å². The standard InChI is InChI=1S/C5H10N5O3P/c6-2-1-4-7-9-5(10-8-4)3-14(11,12)13/h1-3,6H2,(H2,11,12,13). The van der Waals surface area contributed by atoms with Crippen LogP contribution in [0.25, 0.3) is 0 Å². The van der Waals surface area contributed by atoms with Gasteiger partial charge in [0, 0.05) is 6.42 Å². The molecule has 0 amide bonds. The number of nitrogens with zero attached hydrogens (tertiary/aromatic N) is 4. The minimum absolute atomic E-state index is 0.0703. The number of rotatable bonds is 4. The van der Waals surface area contributed by atoms with Gasteiger partial charge in [-0.2, -0.15) is 0 Å². The zero-order chi connectivity index (χ0) is 10.6. The molecular formula is C5H10N5O3P. The molecule has 0 aliphatic heterocycles. The van der Waals surface area contributed by atoms with Crippen LogP contribution in [0.4, 0.5) is 0 Å². The fourth-order valence-electron chi connectivity index (χ4n) is 0.747. The van der Waals surface area contributed by atoms with Gasteiger partial charge in [-0.15, -0.1) is 20.4 Å². The van der Waals surface area contributed by atoms with Crippen molar-refractivity contribution in [3.8, 4) is 0 Å². The van der Waals surface area contributed by atoms with Crippen molar-refractivity contribution >= 4 is 7.60 Å². The van der Waals surface area contributed by atoms with Crippen molar-refractivity contribution in [2.75, 3.05) is 6.54 Å². The Balaban J connectivity index is 2.69. The number of hydrogen-bond donors (Lipinski definition) is 3. The summed E-state index contributed by atoms with van der Waals surface area (Å²) in [6.07, 6.45) is -0.105. The van der Waals surface area contributed by atoms with Crippen LogP contribution in [-0.4, -0.2) is 36.7 Å². The molecule has 0 atom stereocenters. The van der Waals surface area contributed by atoms with E-state index in [1.54, 1.807) is 0 Å². The third-order valence-electron chi connectivity index (χ3n) is 1.28. The van der Waals surface area contributed by atoms with E-state index >= 15 is 0 Å². The quantitative estimate of drug-likeness (QED) is 0.517. The number of nitrogens with two attached hydrogens (primary N) is 1. The minimum atomic E-state index is -4.15. The van der Waals surface area contributed by atoms with E-state index in [9.17, 15) is 4.57 Å². The first-order chi connectivity index (χ1) is 6.51. The summed E-state index contributed by atoms with van der Waals surface area (Å²) in [4.78, 5) is 17.2. The van der Waals surface area contributed by atoms with Gasteiger partial charge in [0.15, 0.2) is 11.6 Å². The van der Waals surface area contributed by atoms with E-state index in [-0.39, 0.29) is 5.82 Å². The maximum absolute atomic E-state index is 10.6. The molecule has 0 aliphatic carbocycles. The summed E-state index contributed by atoms with van der Waals surface area (Å²) in [6.45, 7) is 0.376. The molecule has 14 heavy (non-hydrogen) atoms. The topological polar surface area (TPSA) is 135 Å². The molecular weight excluding hydrogens is 209 g/mol. The molecule has 4 N–H and O–H groups in total. The molecule has 0 fully saturated rings. The molecule has 9 heteroatoms. The minimum Gasteiger partial charge on any atom is -0.330 e. The lowest BCUT2D eigenvalue weighted by molar-refractivity contribution is 0.370. The first-order valence-electron chi connectivity index (χ1n) is 3.81. The Labute approximate surface area is 79.7 Å². The summed E-state index contributed by atoms with van der Waals surface area (Å²) in [5, 5.41) is 14.2. The van der Waals surface area contributed by atoms with Crippen LogP contribution in [0.15, 0.2) is 0 Å². The molecule has 0 saturated carbocycles. The first kappa shape index (κ1) is 11.1. The third-order valence-corrected chi connectivity index (χ3v) is 1.97. The van der Waals surface area contributed by atoms with E-state index in [0.717, 1.165) is 0 Å². The van der Waals surface area contributed by atoms with E-state index in [4.69, 9.17) is 15.5 Å². The summed E-state index contributed by atoms with van der Waals surface area (Å²) in [5.41, 5.74) is 5.24. The lowest BCUT2D eigenvalue weighted by Gasteiger charge is -2.00. The van der Waals surface area contributed by atoms with Crippen LogP contribution in [0.3, 0.4) is 0 Å². The third kappa shape index (κ3) is 3.84. The van der Waals surface area contributed by atoms with Gasteiger partial charge in [0.25, 0.3) is 0 Å². The van der Waals surface area contributed by atoms with Crippen molar-refractivity contribution in [2.24, 2.45) is 5.73 Å². The highest BCUT2D eigenvalue weighted by atomic mass is 31.2. The molecule has 0 aliphatic rings. The van der Waals surface area contributed by atoms with Crippen LogP contribution >= 0.6 is 7.60 Å². The summed E-state index contributed by atoms with van der Waals surface area (Å²) in [5.74, 6) is 0.293. The second kappa shape index (κ2) is 4.52. The van der Waals surface area contributed by atoms with Gasteiger partial charge in [-0.25, -0.2) is 0 Å².